The number of esters is 1. The molecule has 0 aliphatic carbocycles. The molecule has 1 unspecified atom stereocenters. The number of anilines is 1. The van der Waals surface area contributed by atoms with Crippen LogP contribution in [0.1, 0.15) is 5.56 Å². The van der Waals surface area contributed by atoms with Gasteiger partial charge in [-0.3, -0.25) is 0 Å². The summed E-state index contributed by atoms with van der Waals surface area (Å²) in [6, 6.07) is 7.64. The van der Waals surface area contributed by atoms with Gasteiger partial charge in [-0.2, -0.15) is 0 Å². The van der Waals surface area contributed by atoms with Gasteiger partial charge in [0, 0.05) is 12.6 Å². The molecule has 0 saturated heterocycles. The molecule has 5 heteroatoms. The second-order valence-electron chi connectivity index (χ2n) is 3.34. The Morgan fingerprint density at radius 1 is 1.53 bits per heavy atom. The summed E-state index contributed by atoms with van der Waals surface area (Å²) in [7, 11) is 3.22. The lowest BCUT2D eigenvalue weighted by molar-refractivity contribution is -0.144. The van der Waals surface area contributed by atoms with Gasteiger partial charge >= 0.3 is 5.97 Å². The second kappa shape index (κ2) is 3.50. The molecule has 1 aliphatic rings. The van der Waals surface area contributed by atoms with E-state index in [0.29, 0.717) is 0 Å². The van der Waals surface area contributed by atoms with Crippen LogP contribution < -0.4 is 10.4 Å². The highest BCUT2D eigenvalue weighted by molar-refractivity contribution is 9.10. The molecular formula is C10H11BrN2O2. The van der Waals surface area contributed by atoms with Crippen molar-refractivity contribution in [2.75, 3.05) is 19.2 Å². The maximum absolute atomic E-state index is 11.7. The number of carbonyl (C=O) groups is 1. The lowest BCUT2D eigenvalue weighted by Gasteiger charge is -2.21. The van der Waals surface area contributed by atoms with Crippen LogP contribution in [0.15, 0.2) is 24.3 Å². The molecule has 1 aliphatic heterocycles. The number of ether oxygens (including phenoxy) is 1. The first-order chi connectivity index (χ1) is 7.09. The number of methoxy groups -OCH3 is 1. The Morgan fingerprint density at radius 2 is 2.20 bits per heavy atom. The number of hydrogen-bond donors (Lipinski definition) is 1. The van der Waals surface area contributed by atoms with Crippen LogP contribution in [-0.4, -0.2) is 20.1 Å². The quantitative estimate of drug-likeness (QED) is 0.476. The Morgan fingerprint density at radius 3 is 2.87 bits per heavy atom. The molecule has 0 bridgehead atoms. The Bertz CT molecular complexity index is 410. The molecule has 2 rings (SSSR count). The minimum Gasteiger partial charge on any atom is -0.467 e. The minimum atomic E-state index is -0.965. The van der Waals surface area contributed by atoms with Gasteiger partial charge in [0.25, 0.3) is 0 Å². The maximum Gasteiger partial charge on any atom is 0.343 e. The fraction of sp³-hybridized carbons (Fsp3) is 0.300. The second-order valence-corrected chi connectivity index (χ2v) is 4.53. The third kappa shape index (κ3) is 1.42. The minimum absolute atomic E-state index is 0.362. The highest BCUT2D eigenvalue weighted by Crippen LogP contribution is 2.41. The van der Waals surface area contributed by atoms with Crippen LogP contribution in [0.4, 0.5) is 5.69 Å². The first kappa shape index (κ1) is 10.4. The van der Waals surface area contributed by atoms with E-state index >= 15 is 0 Å². The van der Waals surface area contributed by atoms with E-state index in [1.165, 1.54) is 7.11 Å². The number of nitrogens with one attached hydrogen (secondary N) is 1. The van der Waals surface area contributed by atoms with Crippen LogP contribution in [0.25, 0.3) is 0 Å². The lowest BCUT2D eigenvalue weighted by atomic mass is 10.1. The van der Waals surface area contributed by atoms with Crippen LogP contribution in [0.5, 0.6) is 0 Å². The summed E-state index contributed by atoms with van der Waals surface area (Å²) >= 11 is 3.38. The zero-order valence-electron chi connectivity index (χ0n) is 8.45. The number of alkyl halides is 1. The van der Waals surface area contributed by atoms with Crippen molar-refractivity contribution in [1.29, 1.82) is 0 Å². The lowest BCUT2D eigenvalue weighted by Crippen LogP contribution is -2.46. The van der Waals surface area contributed by atoms with Gasteiger partial charge in [-0.15, -0.1) is 0 Å². The van der Waals surface area contributed by atoms with Gasteiger partial charge in [-0.05, 0) is 22.0 Å². The van der Waals surface area contributed by atoms with E-state index < -0.39 is 4.45 Å². The van der Waals surface area contributed by atoms with Crippen molar-refractivity contribution in [2.24, 2.45) is 0 Å². The maximum atomic E-state index is 11.7. The first-order valence-corrected chi connectivity index (χ1v) is 5.27. The Hall–Kier alpha value is -1.07. The molecule has 1 atom stereocenters. The molecule has 0 amide bonds. The Labute approximate surface area is 96.3 Å². The number of benzene rings is 1. The van der Waals surface area contributed by atoms with Gasteiger partial charge in [0.05, 0.1) is 12.8 Å². The van der Waals surface area contributed by atoms with Crippen molar-refractivity contribution in [3.05, 3.63) is 29.8 Å². The predicted octanol–water partition coefficient (Wildman–Crippen LogP) is 1.36. The molecule has 15 heavy (non-hydrogen) atoms. The van der Waals surface area contributed by atoms with Crippen molar-refractivity contribution in [1.82, 2.24) is 5.43 Å². The van der Waals surface area contributed by atoms with Gasteiger partial charge in [-0.1, -0.05) is 18.2 Å². The monoisotopic (exact) mass is 270 g/mol. The number of halogens is 1. The molecule has 0 fully saturated rings. The van der Waals surface area contributed by atoms with Crippen LogP contribution in [-0.2, 0) is 14.0 Å². The van der Waals surface area contributed by atoms with E-state index in [-0.39, 0.29) is 5.97 Å². The predicted molar refractivity (Wildman–Crippen MR) is 60.6 cm³/mol. The molecule has 0 spiro atoms. The van der Waals surface area contributed by atoms with Gasteiger partial charge in [0.2, 0.25) is 4.45 Å². The number of rotatable bonds is 1. The highest BCUT2D eigenvalue weighted by atomic mass is 79.9. The summed E-state index contributed by atoms with van der Waals surface area (Å²) in [5.74, 6) is -0.362. The summed E-state index contributed by atoms with van der Waals surface area (Å²) in [4.78, 5) is 11.7. The van der Waals surface area contributed by atoms with Gasteiger partial charge < -0.3 is 9.75 Å². The zero-order chi connectivity index (χ0) is 11.1. The number of nitrogens with zero attached hydrogens (tertiary/aromatic N) is 1. The number of hydrazine groups is 1. The number of carbonyl (C=O) groups excluding carboxylic acids is 1. The standard InChI is InChI=1S/C10H11BrN2O2/c1-13-8-6-4-3-5-7(8)10(11,12-13)9(14)15-2/h3-6,12H,1-2H3. The molecule has 1 aromatic rings. The summed E-state index contributed by atoms with van der Waals surface area (Å²) < 4.78 is 3.80. The summed E-state index contributed by atoms with van der Waals surface area (Å²) in [6.45, 7) is 0. The van der Waals surface area contributed by atoms with E-state index in [9.17, 15) is 4.79 Å². The molecule has 0 saturated carbocycles. The van der Waals surface area contributed by atoms with Crippen molar-refractivity contribution in [2.45, 2.75) is 4.45 Å². The van der Waals surface area contributed by atoms with Crippen molar-refractivity contribution in [3.8, 4) is 0 Å². The molecule has 80 valence electrons. The summed E-state index contributed by atoms with van der Waals surface area (Å²) in [6.07, 6.45) is 0. The van der Waals surface area contributed by atoms with E-state index in [4.69, 9.17) is 4.74 Å². The molecular weight excluding hydrogens is 260 g/mol. The van der Waals surface area contributed by atoms with E-state index in [0.717, 1.165) is 11.3 Å². The normalized spacial score (nSPS) is 23.8. The number of hydrogen-bond acceptors (Lipinski definition) is 4. The molecule has 1 heterocycles. The van der Waals surface area contributed by atoms with Gasteiger partial charge in [0.15, 0.2) is 0 Å². The Balaban J connectivity index is 2.52. The Kier molecular flexibility index (Phi) is 2.44. The van der Waals surface area contributed by atoms with E-state index in [2.05, 4.69) is 21.4 Å². The average molecular weight is 271 g/mol. The van der Waals surface area contributed by atoms with Gasteiger partial charge in [0.1, 0.15) is 0 Å². The molecule has 1 aromatic carbocycles. The topological polar surface area (TPSA) is 41.6 Å². The van der Waals surface area contributed by atoms with Crippen molar-refractivity contribution >= 4 is 27.6 Å². The third-order valence-corrected chi connectivity index (χ3v) is 3.35. The summed E-state index contributed by atoms with van der Waals surface area (Å²) in [5.41, 5.74) is 4.84. The number of para-hydroxylation sites is 1. The number of fused-ring (bicyclic) bond motifs is 1. The van der Waals surface area contributed by atoms with Crippen LogP contribution in [0.3, 0.4) is 0 Å². The van der Waals surface area contributed by atoms with Crippen molar-refractivity contribution in [3.63, 3.8) is 0 Å². The zero-order valence-corrected chi connectivity index (χ0v) is 10.0. The molecule has 1 N–H and O–H groups in total. The van der Waals surface area contributed by atoms with Crippen LogP contribution >= 0.6 is 15.9 Å². The molecule has 0 aromatic heterocycles. The van der Waals surface area contributed by atoms with E-state index in [1.807, 2.05) is 31.3 Å². The highest BCUT2D eigenvalue weighted by Gasteiger charge is 2.46. The molecule has 4 nitrogen and oxygen atoms in total. The van der Waals surface area contributed by atoms with Crippen LogP contribution in [0.2, 0.25) is 0 Å². The third-order valence-electron chi connectivity index (χ3n) is 2.42. The van der Waals surface area contributed by atoms with Crippen molar-refractivity contribution < 1.29 is 9.53 Å². The van der Waals surface area contributed by atoms with E-state index in [1.54, 1.807) is 5.01 Å². The SMILES string of the molecule is COC(=O)C1(Br)NN(C)c2ccccc21. The fourth-order valence-electron chi connectivity index (χ4n) is 1.71. The van der Waals surface area contributed by atoms with Crippen LogP contribution in [0, 0.1) is 0 Å². The average Bonchev–Trinajstić information content (AvgIpc) is 2.52. The summed E-state index contributed by atoms with van der Waals surface area (Å²) in [5, 5.41) is 1.79. The first-order valence-electron chi connectivity index (χ1n) is 4.48. The van der Waals surface area contributed by atoms with Gasteiger partial charge in [-0.25, -0.2) is 10.2 Å². The molecule has 0 radical (unpaired) electrons. The fourth-order valence-corrected chi connectivity index (χ4v) is 2.47. The largest absolute Gasteiger partial charge is 0.467 e. The smallest absolute Gasteiger partial charge is 0.343 e.